The molecule has 1 amide bonds. The van der Waals surface area contributed by atoms with Crippen molar-refractivity contribution in [3.8, 4) is 11.5 Å². The molecule has 27 heavy (non-hydrogen) atoms. The number of sulfonamides is 1. The van der Waals surface area contributed by atoms with Crippen molar-refractivity contribution in [3.05, 3.63) is 47.5 Å². The van der Waals surface area contributed by atoms with Crippen molar-refractivity contribution >= 4 is 21.6 Å². The topological polar surface area (TPSA) is 84.9 Å². The third-order valence-electron chi connectivity index (χ3n) is 4.79. The minimum Gasteiger partial charge on any atom is -0.454 e. The van der Waals surface area contributed by atoms with Gasteiger partial charge in [-0.3, -0.25) is 4.79 Å². The highest BCUT2D eigenvalue weighted by molar-refractivity contribution is 7.89. The smallest absolute Gasteiger partial charge is 0.255 e. The van der Waals surface area contributed by atoms with Crippen LogP contribution in [0.3, 0.4) is 0 Å². The number of amides is 1. The average molecular weight is 388 g/mol. The van der Waals surface area contributed by atoms with Gasteiger partial charge in [0.1, 0.15) is 0 Å². The Kier molecular flexibility index (Phi) is 4.53. The molecule has 0 unspecified atom stereocenters. The predicted octanol–water partition coefficient (Wildman–Crippen LogP) is 2.76. The summed E-state index contributed by atoms with van der Waals surface area (Å²) in [4.78, 5) is 12.9. The maximum Gasteiger partial charge on any atom is 0.255 e. The van der Waals surface area contributed by atoms with Gasteiger partial charge >= 0.3 is 0 Å². The van der Waals surface area contributed by atoms with Crippen LogP contribution in [-0.2, 0) is 10.0 Å². The lowest BCUT2D eigenvalue weighted by molar-refractivity contribution is 0.102. The van der Waals surface area contributed by atoms with Crippen LogP contribution in [0.1, 0.15) is 28.8 Å². The molecular formula is C19H20N2O5S. The molecule has 1 fully saturated rings. The highest BCUT2D eigenvalue weighted by Crippen LogP contribution is 2.34. The number of aryl methyl sites for hydroxylation is 1. The number of fused-ring (bicyclic) bond motifs is 1. The van der Waals surface area contributed by atoms with E-state index in [4.69, 9.17) is 9.47 Å². The summed E-state index contributed by atoms with van der Waals surface area (Å²) in [5.41, 5.74) is 1.58. The number of carbonyl (C=O) groups excluding carboxylic acids is 1. The quantitative estimate of drug-likeness (QED) is 0.871. The number of nitrogens with one attached hydrogen (secondary N) is 1. The lowest BCUT2D eigenvalue weighted by Gasteiger charge is -2.17. The Morgan fingerprint density at radius 1 is 1.04 bits per heavy atom. The van der Waals surface area contributed by atoms with E-state index in [0.29, 0.717) is 41.4 Å². The molecule has 2 aromatic carbocycles. The largest absolute Gasteiger partial charge is 0.454 e. The van der Waals surface area contributed by atoms with Gasteiger partial charge in [0.15, 0.2) is 11.5 Å². The summed E-state index contributed by atoms with van der Waals surface area (Å²) < 4.78 is 37.6. The summed E-state index contributed by atoms with van der Waals surface area (Å²) in [6, 6.07) is 9.79. The van der Waals surface area contributed by atoms with Crippen LogP contribution in [-0.4, -0.2) is 38.5 Å². The molecule has 7 nitrogen and oxygen atoms in total. The minimum absolute atomic E-state index is 0.144. The van der Waals surface area contributed by atoms with Gasteiger partial charge in [-0.2, -0.15) is 4.31 Å². The highest BCUT2D eigenvalue weighted by atomic mass is 32.2. The van der Waals surface area contributed by atoms with E-state index in [1.807, 2.05) is 0 Å². The fourth-order valence-electron chi connectivity index (χ4n) is 3.26. The third-order valence-corrected chi connectivity index (χ3v) is 6.68. The molecule has 2 aliphatic heterocycles. The first kappa shape index (κ1) is 17.8. The Labute approximate surface area is 157 Å². The molecule has 0 saturated carbocycles. The van der Waals surface area contributed by atoms with Gasteiger partial charge in [-0.1, -0.05) is 6.07 Å². The molecular weight excluding hydrogens is 368 g/mol. The van der Waals surface area contributed by atoms with Gasteiger partial charge < -0.3 is 14.8 Å². The van der Waals surface area contributed by atoms with Crippen LogP contribution in [0, 0.1) is 6.92 Å². The van der Waals surface area contributed by atoms with Crippen LogP contribution in [0.4, 0.5) is 5.69 Å². The Bertz CT molecular complexity index is 997. The molecule has 4 rings (SSSR count). The first-order chi connectivity index (χ1) is 12.9. The molecule has 0 aromatic heterocycles. The predicted molar refractivity (Wildman–Crippen MR) is 99.7 cm³/mol. The molecule has 142 valence electrons. The highest BCUT2D eigenvalue weighted by Gasteiger charge is 2.28. The number of carbonyl (C=O) groups is 1. The van der Waals surface area contributed by atoms with Gasteiger partial charge in [0.25, 0.3) is 5.91 Å². The summed E-state index contributed by atoms with van der Waals surface area (Å²) in [6.07, 6.45) is 1.73. The van der Waals surface area contributed by atoms with E-state index in [2.05, 4.69) is 5.32 Å². The molecule has 0 spiro atoms. The second-order valence-corrected chi connectivity index (χ2v) is 8.55. The maximum atomic E-state index is 12.8. The molecule has 8 heteroatoms. The van der Waals surface area contributed by atoms with Crippen molar-refractivity contribution in [3.63, 3.8) is 0 Å². The van der Waals surface area contributed by atoms with E-state index in [9.17, 15) is 13.2 Å². The average Bonchev–Trinajstić information content (AvgIpc) is 3.33. The molecule has 2 aromatic rings. The molecule has 0 aliphatic carbocycles. The van der Waals surface area contributed by atoms with Gasteiger partial charge in [-0.05, 0) is 49.6 Å². The fraction of sp³-hybridized carbons (Fsp3) is 0.316. The van der Waals surface area contributed by atoms with Gasteiger partial charge in [0.05, 0.1) is 4.90 Å². The van der Waals surface area contributed by atoms with Gasteiger partial charge in [-0.25, -0.2) is 8.42 Å². The Morgan fingerprint density at radius 2 is 1.78 bits per heavy atom. The molecule has 0 bridgehead atoms. The number of rotatable bonds is 4. The van der Waals surface area contributed by atoms with Crippen molar-refractivity contribution in [1.29, 1.82) is 0 Å². The second-order valence-electron chi connectivity index (χ2n) is 6.61. The molecule has 2 heterocycles. The van der Waals surface area contributed by atoms with Crippen LogP contribution in [0.2, 0.25) is 0 Å². The molecule has 1 N–H and O–H groups in total. The van der Waals surface area contributed by atoms with Crippen molar-refractivity contribution in [2.24, 2.45) is 0 Å². The van der Waals surface area contributed by atoms with E-state index in [1.165, 1.54) is 10.4 Å². The van der Waals surface area contributed by atoms with Crippen LogP contribution in [0.15, 0.2) is 41.3 Å². The molecule has 1 saturated heterocycles. The monoisotopic (exact) mass is 388 g/mol. The van der Waals surface area contributed by atoms with Crippen molar-refractivity contribution in [1.82, 2.24) is 4.31 Å². The maximum absolute atomic E-state index is 12.8. The Balaban J connectivity index is 1.60. The zero-order valence-electron chi connectivity index (χ0n) is 14.9. The van der Waals surface area contributed by atoms with Gasteiger partial charge in [0.2, 0.25) is 16.8 Å². The van der Waals surface area contributed by atoms with Crippen LogP contribution < -0.4 is 14.8 Å². The number of hydrogen-bond acceptors (Lipinski definition) is 5. The number of nitrogens with zero attached hydrogens (tertiary/aromatic N) is 1. The van der Waals surface area contributed by atoms with E-state index in [-0.39, 0.29) is 17.6 Å². The van der Waals surface area contributed by atoms with E-state index < -0.39 is 10.0 Å². The van der Waals surface area contributed by atoms with E-state index >= 15 is 0 Å². The number of anilines is 1. The zero-order valence-corrected chi connectivity index (χ0v) is 15.7. The second kappa shape index (κ2) is 6.86. The fourth-order valence-corrected chi connectivity index (χ4v) is 4.80. The first-order valence-corrected chi connectivity index (χ1v) is 10.2. The standard InChI is InChI=1S/C19H20N2O5S/c1-13-4-6-15(27(23,24)21-8-2-3-9-21)11-16(13)19(22)20-14-5-7-17-18(10-14)26-12-25-17/h4-7,10-11H,2-3,8-9,12H2,1H3,(H,20,22). The van der Waals surface area contributed by atoms with Gasteiger partial charge in [-0.15, -0.1) is 0 Å². The first-order valence-electron chi connectivity index (χ1n) is 8.77. The normalized spacial score (nSPS) is 16.5. The van der Waals surface area contributed by atoms with Crippen molar-refractivity contribution in [2.45, 2.75) is 24.7 Å². The SMILES string of the molecule is Cc1ccc(S(=O)(=O)N2CCCC2)cc1C(=O)Nc1ccc2c(c1)OCO2. The number of benzene rings is 2. The lowest BCUT2D eigenvalue weighted by atomic mass is 10.1. The van der Waals surface area contributed by atoms with E-state index in [0.717, 1.165) is 12.8 Å². The summed E-state index contributed by atoms with van der Waals surface area (Å²) >= 11 is 0. The van der Waals surface area contributed by atoms with Crippen molar-refractivity contribution < 1.29 is 22.7 Å². The van der Waals surface area contributed by atoms with Crippen LogP contribution in [0.5, 0.6) is 11.5 Å². The Hall–Kier alpha value is -2.58. The molecule has 0 atom stereocenters. The van der Waals surface area contributed by atoms with E-state index in [1.54, 1.807) is 37.3 Å². The summed E-state index contributed by atoms with van der Waals surface area (Å²) in [6.45, 7) is 2.98. The van der Waals surface area contributed by atoms with Crippen LogP contribution in [0.25, 0.3) is 0 Å². The minimum atomic E-state index is -3.58. The summed E-state index contributed by atoms with van der Waals surface area (Å²) in [5, 5.41) is 2.79. The third kappa shape index (κ3) is 3.38. The van der Waals surface area contributed by atoms with Crippen LogP contribution >= 0.6 is 0 Å². The molecule has 0 radical (unpaired) electrons. The zero-order chi connectivity index (χ0) is 19.0. The molecule has 2 aliphatic rings. The number of ether oxygens (including phenoxy) is 2. The summed E-state index contributed by atoms with van der Waals surface area (Å²) in [7, 11) is -3.58. The lowest BCUT2D eigenvalue weighted by Crippen LogP contribution is -2.28. The number of hydrogen-bond donors (Lipinski definition) is 1. The summed E-state index contributed by atoms with van der Waals surface area (Å²) in [5.74, 6) is 0.822. The van der Waals surface area contributed by atoms with Gasteiger partial charge in [0, 0.05) is 30.4 Å². The Morgan fingerprint density at radius 3 is 2.56 bits per heavy atom. The van der Waals surface area contributed by atoms with Crippen molar-refractivity contribution in [2.75, 3.05) is 25.2 Å².